The smallest absolute Gasteiger partial charge is 0.408 e. The van der Waals surface area contributed by atoms with Crippen molar-refractivity contribution in [1.82, 2.24) is 20.9 Å². The minimum absolute atomic E-state index is 0.0268. The van der Waals surface area contributed by atoms with Gasteiger partial charge in [-0.15, -0.1) is 0 Å². The molecule has 1 aromatic heterocycles. The Morgan fingerprint density at radius 1 is 0.872 bits per heavy atom. The Labute approximate surface area is 272 Å². The first-order valence-electron chi connectivity index (χ1n) is 15.4. The summed E-state index contributed by atoms with van der Waals surface area (Å²) in [5, 5.41) is 9.64. The molecular formula is C36H39N5O6. The molecule has 0 saturated carbocycles. The third-order valence-corrected chi connectivity index (χ3v) is 8.12. The number of amides is 3. The molecule has 0 radical (unpaired) electrons. The first-order valence-corrected chi connectivity index (χ1v) is 15.4. The predicted octanol–water partition coefficient (Wildman–Crippen LogP) is 3.44. The number of alkyl carbamates (subject to hydrolysis) is 1. The van der Waals surface area contributed by atoms with Gasteiger partial charge in [-0.2, -0.15) is 0 Å². The largest absolute Gasteiger partial charge is 0.445 e. The fourth-order valence-electron chi connectivity index (χ4n) is 5.37. The quantitative estimate of drug-likeness (QED) is 0.117. The standard InChI is InChI=1S/C36H39N5O6/c1-23(39-30(33(43)36(2)22-47-36)17-24-11-5-3-6-12-24)29(18-26-20-38-28-16-10-9-15-27(26)28)40-34(44)31(19-32(37)42)41-35(45)46-21-25-13-7-4-8-14-25/h3-16,20,29-31,38-39H,1,17-19,21-22H2,2H3,(H2,37,42)(H,40,44)(H,41,45)/t29-,30-,31-,36+/m0/s1. The zero-order valence-corrected chi connectivity index (χ0v) is 26.2. The summed E-state index contributed by atoms with van der Waals surface area (Å²) >= 11 is 0. The Balaban J connectivity index is 1.36. The number of carbonyl (C=O) groups excluding carboxylic acids is 4. The summed E-state index contributed by atoms with van der Waals surface area (Å²) in [4.78, 5) is 55.2. The van der Waals surface area contributed by atoms with Gasteiger partial charge in [0.15, 0.2) is 5.78 Å². The van der Waals surface area contributed by atoms with Crippen LogP contribution in [0.1, 0.15) is 30.0 Å². The molecule has 1 saturated heterocycles. The van der Waals surface area contributed by atoms with E-state index in [1.165, 1.54) is 0 Å². The first-order chi connectivity index (χ1) is 22.6. The molecular weight excluding hydrogens is 598 g/mol. The van der Waals surface area contributed by atoms with Crippen molar-refractivity contribution < 1.29 is 28.7 Å². The maximum atomic E-state index is 13.7. The number of nitrogens with two attached hydrogens (primary N) is 1. The Bertz CT molecular complexity index is 1730. The molecule has 0 bridgehead atoms. The maximum absolute atomic E-state index is 13.7. The highest BCUT2D eigenvalue weighted by atomic mass is 16.6. The summed E-state index contributed by atoms with van der Waals surface area (Å²) in [6.45, 7) is 6.29. The number of primary amides is 1. The van der Waals surface area contributed by atoms with Crippen molar-refractivity contribution in [3.63, 3.8) is 0 Å². The van der Waals surface area contributed by atoms with Gasteiger partial charge >= 0.3 is 6.09 Å². The Kier molecular flexibility index (Phi) is 10.4. The van der Waals surface area contributed by atoms with Gasteiger partial charge in [0.05, 0.1) is 25.1 Å². The van der Waals surface area contributed by atoms with Gasteiger partial charge in [-0.3, -0.25) is 14.4 Å². The highest BCUT2D eigenvalue weighted by Crippen LogP contribution is 2.29. The van der Waals surface area contributed by atoms with E-state index in [4.69, 9.17) is 15.2 Å². The zero-order chi connectivity index (χ0) is 33.4. The molecule has 4 atom stereocenters. The van der Waals surface area contributed by atoms with Crippen LogP contribution in [-0.2, 0) is 43.3 Å². The predicted molar refractivity (Wildman–Crippen MR) is 177 cm³/mol. The van der Waals surface area contributed by atoms with Crippen LogP contribution < -0.4 is 21.7 Å². The Hall–Kier alpha value is -5.42. The fraction of sp³-hybridized carbons (Fsp3) is 0.278. The summed E-state index contributed by atoms with van der Waals surface area (Å²) < 4.78 is 10.8. The highest BCUT2D eigenvalue weighted by Gasteiger charge is 2.50. The Morgan fingerprint density at radius 3 is 2.17 bits per heavy atom. The highest BCUT2D eigenvalue weighted by molar-refractivity contribution is 5.94. The molecule has 47 heavy (non-hydrogen) atoms. The number of benzene rings is 3. The molecule has 0 aliphatic carbocycles. The SMILES string of the molecule is C=C(N[C@@H](Cc1ccccc1)C(=O)[C@@]1(C)CO1)[C@H](Cc1c[nH]c2ccccc12)NC(=O)[C@H](CC(N)=O)NC(=O)OCc1ccccc1. The average Bonchev–Trinajstić information content (AvgIpc) is 3.70. The van der Waals surface area contributed by atoms with Crippen LogP contribution in [-0.4, -0.2) is 59.0 Å². The number of rotatable bonds is 16. The number of ether oxygens (including phenoxy) is 2. The van der Waals surface area contributed by atoms with E-state index < -0.39 is 48.1 Å². The molecule has 0 spiro atoms. The molecule has 1 aliphatic heterocycles. The third-order valence-electron chi connectivity index (χ3n) is 8.12. The van der Waals surface area contributed by atoms with E-state index in [1.807, 2.05) is 79.0 Å². The number of aromatic amines is 1. The number of carbonyl (C=O) groups is 4. The van der Waals surface area contributed by atoms with E-state index in [2.05, 4.69) is 27.5 Å². The fourth-order valence-corrected chi connectivity index (χ4v) is 5.37. The first kappa shape index (κ1) is 33.0. The third kappa shape index (κ3) is 8.86. The lowest BCUT2D eigenvalue weighted by Gasteiger charge is -2.29. The number of para-hydroxylation sites is 1. The molecule has 1 fully saturated rings. The van der Waals surface area contributed by atoms with E-state index >= 15 is 0 Å². The number of H-pyrrole nitrogens is 1. The van der Waals surface area contributed by atoms with Gasteiger partial charge in [0.25, 0.3) is 0 Å². The van der Waals surface area contributed by atoms with Crippen LogP contribution in [0.2, 0.25) is 0 Å². The summed E-state index contributed by atoms with van der Waals surface area (Å²) in [5.41, 5.74) is 8.42. The molecule has 11 nitrogen and oxygen atoms in total. The lowest BCUT2D eigenvalue weighted by Crippen LogP contribution is -2.54. The molecule has 0 unspecified atom stereocenters. The summed E-state index contributed by atoms with van der Waals surface area (Å²) in [5.74, 6) is -1.59. The van der Waals surface area contributed by atoms with Crippen LogP contribution in [0.25, 0.3) is 10.9 Å². The zero-order valence-electron chi connectivity index (χ0n) is 26.2. The molecule has 6 N–H and O–H groups in total. The van der Waals surface area contributed by atoms with E-state index in [-0.39, 0.29) is 18.8 Å². The summed E-state index contributed by atoms with van der Waals surface area (Å²) in [6, 6.07) is 23.6. The molecule has 4 aromatic rings. The Morgan fingerprint density at radius 2 is 1.51 bits per heavy atom. The van der Waals surface area contributed by atoms with Gasteiger partial charge in [-0.25, -0.2) is 4.79 Å². The summed E-state index contributed by atoms with van der Waals surface area (Å²) in [7, 11) is 0. The van der Waals surface area contributed by atoms with Crippen LogP contribution in [0, 0.1) is 0 Å². The van der Waals surface area contributed by atoms with Gasteiger partial charge in [0, 0.05) is 29.2 Å². The van der Waals surface area contributed by atoms with E-state index in [0.717, 1.165) is 27.6 Å². The lowest BCUT2D eigenvalue weighted by atomic mass is 9.93. The van der Waals surface area contributed by atoms with Crippen LogP contribution in [0.5, 0.6) is 0 Å². The molecule has 244 valence electrons. The van der Waals surface area contributed by atoms with E-state index in [0.29, 0.717) is 18.7 Å². The van der Waals surface area contributed by atoms with E-state index in [9.17, 15) is 19.2 Å². The van der Waals surface area contributed by atoms with Crippen molar-refractivity contribution >= 4 is 34.6 Å². The van der Waals surface area contributed by atoms with Gasteiger partial charge in [0.1, 0.15) is 18.2 Å². The maximum Gasteiger partial charge on any atom is 0.408 e. The van der Waals surface area contributed by atoms with Gasteiger partial charge in [0.2, 0.25) is 11.8 Å². The second-order valence-corrected chi connectivity index (χ2v) is 11.8. The van der Waals surface area contributed by atoms with Crippen LogP contribution >= 0.6 is 0 Å². The number of fused-ring (bicyclic) bond motifs is 1. The minimum atomic E-state index is -1.32. The van der Waals surface area contributed by atoms with Gasteiger partial charge in [-0.1, -0.05) is 85.4 Å². The molecule has 5 rings (SSSR count). The van der Waals surface area contributed by atoms with Crippen molar-refractivity contribution in [2.45, 2.75) is 56.5 Å². The number of hydrogen-bond donors (Lipinski definition) is 5. The number of nitrogens with one attached hydrogen (secondary N) is 4. The topological polar surface area (TPSA) is 168 Å². The summed E-state index contributed by atoms with van der Waals surface area (Å²) in [6.07, 6.45) is 1.15. The molecule has 3 aromatic carbocycles. The lowest BCUT2D eigenvalue weighted by molar-refractivity contribution is -0.127. The average molecular weight is 638 g/mol. The number of aromatic nitrogens is 1. The second-order valence-electron chi connectivity index (χ2n) is 11.8. The van der Waals surface area contributed by atoms with Gasteiger partial charge < -0.3 is 36.1 Å². The normalized spacial score (nSPS) is 17.1. The number of Topliss-reactive ketones (excluding diaryl/α,β-unsaturated/α-hetero) is 1. The molecule has 3 amide bonds. The monoisotopic (exact) mass is 637 g/mol. The molecule has 2 heterocycles. The molecule has 1 aliphatic rings. The van der Waals surface area contributed by atoms with Crippen molar-refractivity contribution in [2.24, 2.45) is 5.73 Å². The van der Waals surface area contributed by atoms with Crippen LogP contribution in [0.15, 0.2) is 103 Å². The van der Waals surface area contributed by atoms with Crippen LogP contribution in [0.3, 0.4) is 0 Å². The van der Waals surface area contributed by atoms with Crippen molar-refractivity contribution in [3.8, 4) is 0 Å². The van der Waals surface area contributed by atoms with Gasteiger partial charge in [-0.05, 0) is 36.1 Å². The number of hydrogen-bond acceptors (Lipinski definition) is 7. The van der Waals surface area contributed by atoms with Crippen molar-refractivity contribution in [2.75, 3.05) is 6.61 Å². The van der Waals surface area contributed by atoms with Crippen molar-refractivity contribution in [3.05, 3.63) is 120 Å². The number of epoxide rings is 1. The second kappa shape index (κ2) is 14.8. The van der Waals surface area contributed by atoms with Crippen molar-refractivity contribution in [1.29, 1.82) is 0 Å². The number of ketones is 1. The molecule has 11 heteroatoms. The van der Waals surface area contributed by atoms with Crippen LogP contribution in [0.4, 0.5) is 4.79 Å². The van der Waals surface area contributed by atoms with E-state index in [1.54, 1.807) is 19.1 Å². The minimum Gasteiger partial charge on any atom is -0.445 e.